The molecule has 2 amide bonds. The minimum absolute atomic E-state index is 0.108. The van der Waals surface area contributed by atoms with Crippen molar-refractivity contribution < 1.29 is 14.0 Å². The molecule has 0 aromatic heterocycles. The van der Waals surface area contributed by atoms with E-state index in [0.717, 1.165) is 29.5 Å². The maximum atomic E-state index is 13.6. The molecule has 6 heteroatoms. The molecule has 0 aliphatic rings. The van der Waals surface area contributed by atoms with Crippen LogP contribution in [-0.2, 0) is 28.3 Å². The Balaban J connectivity index is 1.81. The molecule has 3 rings (SSSR count). The molecule has 1 N–H and O–H groups in total. The molecule has 3 aromatic carbocycles. The van der Waals surface area contributed by atoms with Crippen LogP contribution in [0.2, 0.25) is 0 Å². The fourth-order valence-corrected chi connectivity index (χ4v) is 4.74. The zero-order valence-electron chi connectivity index (χ0n) is 21.1. The zero-order chi connectivity index (χ0) is 25.8. The summed E-state index contributed by atoms with van der Waals surface area (Å²) < 4.78 is 13.5. The molecule has 190 valence electrons. The number of amides is 2. The van der Waals surface area contributed by atoms with E-state index < -0.39 is 6.04 Å². The Morgan fingerprint density at radius 2 is 1.58 bits per heavy atom. The van der Waals surface area contributed by atoms with Gasteiger partial charge in [0.1, 0.15) is 11.9 Å². The van der Waals surface area contributed by atoms with Crippen LogP contribution in [0.15, 0.2) is 78.9 Å². The highest BCUT2D eigenvalue weighted by atomic mass is 32.2. The van der Waals surface area contributed by atoms with Crippen LogP contribution in [0.1, 0.15) is 42.0 Å². The molecule has 0 aliphatic carbocycles. The maximum Gasteiger partial charge on any atom is 0.243 e. The first kappa shape index (κ1) is 27.5. The molecule has 0 aliphatic heterocycles. The second kappa shape index (κ2) is 14.4. The normalized spacial score (nSPS) is 11.6. The lowest BCUT2D eigenvalue weighted by Crippen LogP contribution is -2.51. The summed E-state index contributed by atoms with van der Waals surface area (Å²) in [6.45, 7) is 4.93. The van der Waals surface area contributed by atoms with Crippen LogP contribution < -0.4 is 5.32 Å². The fraction of sp³-hybridized carbons (Fsp3) is 0.333. The van der Waals surface area contributed by atoms with Crippen molar-refractivity contribution in [3.8, 4) is 0 Å². The molecule has 0 fully saturated rings. The number of thioether (sulfide) groups is 1. The summed E-state index contributed by atoms with van der Waals surface area (Å²) in [5.74, 6) is 0.364. The Hall–Kier alpha value is -3.12. The first-order chi connectivity index (χ1) is 17.5. The predicted octanol–water partition coefficient (Wildman–Crippen LogP) is 5.92. The van der Waals surface area contributed by atoms with Gasteiger partial charge in [0.05, 0.1) is 5.75 Å². The van der Waals surface area contributed by atoms with Gasteiger partial charge < -0.3 is 10.2 Å². The van der Waals surface area contributed by atoms with Crippen molar-refractivity contribution in [1.29, 1.82) is 0 Å². The zero-order valence-corrected chi connectivity index (χ0v) is 21.9. The van der Waals surface area contributed by atoms with E-state index in [1.165, 1.54) is 29.5 Å². The highest BCUT2D eigenvalue weighted by Gasteiger charge is 2.30. The van der Waals surface area contributed by atoms with Crippen LogP contribution in [0.4, 0.5) is 4.39 Å². The van der Waals surface area contributed by atoms with Gasteiger partial charge >= 0.3 is 0 Å². The minimum Gasteiger partial charge on any atom is -0.354 e. The Morgan fingerprint density at radius 1 is 0.917 bits per heavy atom. The van der Waals surface area contributed by atoms with E-state index >= 15 is 0 Å². The number of halogens is 1. The van der Waals surface area contributed by atoms with E-state index in [-0.39, 0.29) is 29.9 Å². The molecule has 0 saturated heterocycles. The lowest BCUT2D eigenvalue weighted by molar-refractivity contribution is -0.139. The third kappa shape index (κ3) is 8.83. The number of aryl methyl sites for hydroxylation is 1. The van der Waals surface area contributed by atoms with Crippen LogP contribution in [0.25, 0.3) is 0 Å². The molecule has 3 aromatic rings. The van der Waals surface area contributed by atoms with Gasteiger partial charge in [0.2, 0.25) is 11.8 Å². The van der Waals surface area contributed by atoms with Crippen LogP contribution in [0.5, 0.6) is 0 Å². The van der Waals surface area contributed by atoms with Crippen LogP contribution >= 0.6 is 11.8 Å². The third-order valence-electron chi connectivity index (χ3n) is 5.98. The minimum atomic E-state index is -0.665. The summed E-state index contributed by atoms with van der Waals surface area (Å²) in [5.41, 5.74) is 4.12. The Kier molecular flexibility index (Phi) is 11.0. The number of benzene rings is 3. The van der Waals surface area contributed by atoms with Crippen molar-refractivity contribution in [2.24, 2.45) is 0 Å². The van der Waals surface area contributed by atoms with E-state index in [0.29, 0.717) is 18.7 Å². The third-order valence-corrected chi connectivity index (χ3v) is 6.97. The second-order valence-electron chi connectivity index (χ2n) is 8.98. The molecule has 0 saturated carbocycles. The fourth-order valence-electron chi connectivity index (χ4n) is 3.87. The highest BCUT2D eigenvalue weighted by molar-refractivity contribution is 7.99. The highest BCUT2D eigenvalue weighted by Crippen LogP contribution is 2.19. The van der Waals surface area contributed by atoms with Crippen LogP contribution in [-0.4, -0.2) is 35.1 Å². The van der Waals surface area contributed by atoms with Gasteiger partial charge in [-0.15, -0.1) is 11.8 Å². The SMILES string of the molecule is CCCCNC(=O)[C@@H](Cc1ccccc1)N(Cc1ccc(F)cc1)C(=O)CSCc1ccc(C)cc1. The average Bonchev–Trinajstić information content (AvgIpc) is 2.89. The predicted molar refractivity (Wildman–Crippen MR) is 146 cm³/mol. The maximum absolute atomic E-state index is 13.6. The summed E-state index contributed by atoms with van der Waals surface area (Å²) in [4.78, 5) is 28.6. The molecular weight excluding hydrogens is 471 g/mol. The summed E-state index contributed by atoms with van der Waals surface area (Å²) in [6.07, 6.45) is 2.26. The Bertz CT molecular complexity index is 1090. The van der Waals surface area contributed by atoms with Gasteiger partial charge in [0.25, 0.3) is 0 Å². The topological polar surface area (TPSA) is 49.4 Å². The van der Waals surface area contributed by atoms with Gasteiger partial charge in [0.15, 0.2) is 0 Å². The lowest BCUT2D eigenvalue weighted by atomic mass is 10.0. The number of nitrogens with one attached hydrogen (secondary N) is 1. The van der Waals surface area contributed by atoms with Crippen LogP contribution in [0, 0.1) is 12.7 Å². The number of hydrogen-bond acceptors (Lipinski definition) is 3. The summed E-state index contributed by atoms with van der Waals surface area (Å²) in [5, 5.41) is 3.02. The summed E-state index contributed by atoms with van der Waals surface area (Å²) in [7, 11) is 0. The van der Waals surface area contributed by atoms with E-state index in [9.17, 15) is 14.0 Å². The van der Waals surface area contributed by atoms with Crippen molar-refractivity contribution >= 4 is 23.6 Å². The Labute approximate surface area is 218 Å². The molecule has 0 heterocycles. The number of unbranched alkanes of at least 4 members (excludes halogenated alkanes) is 1. The second-order valence-corrected chi connectivity index (χ2v) is 9.96. The van der Waals surface area contributed by atoms with Gasteiger partial charge in [-0.25, -0.2) is 4.39 Å². The molecular formula is C30H35FN2O2S. The lowest BCUT2D eigenvalue weighted by Gasteiger charge is -2.31. The summed E-state index contributed by atoms with van der Waals surface area (Å²) in [6, 6.07) is 23.5. The van der Waals surface area contributed by atoms with Crippen molar-refractivity contribution in [2.45, 2.75) is 51.4 Å². The van der Waals surface area contributed by atoms with Crippen molar-refractivity contribution in [2.75, 3.05) is 12.3 Å². The molecule has 0 unspecified atom stereocenters. The van der Waals surface area contributed by atoms with E-state index in [2.05, 4.69) is 36.5 Å². The number of carbonyl (C=O) groups excluding carboxylic acids is 2. The summed E-state index contributed by atoms with van der Waals surface area (Å²) >= 11 is 1.54. The molecule has 1 atom stereocenters. The van der Waals surface area contributed by atoms with Crippen LogP contribution in [0.3, 0.4) is 0 Å². The van der Waals surface area contributed by atoms with Gasteiger partial charge in [-0.3, -0.25) is 9.59 Å². The van der Waals surface area contributed by atoms with E-state index in [1.807, 2.05) is 37.3 Å². The molecule has 4 nitrogen and oxygen atoms in total. The largest absolute Gasteiger partial charge is 0.354 e. The quantitative estimate of drug-likeness (QED) is 0.293. The smallest absolute Gasteiger partial charge is 0.243 e. The average molecular weight is 507 g/mol. The molecule has 36 heavy (non-hydrogen) atoms. The van der Waals surface area contributed by atoms with Crippen molar-refractivity contribution in [1.82, 2.24) is 10.2 Å². The monoisotopic (exact) mass is 506 g/mol. The van der Waals surface area contributed by atoms with Crippen molar-refractivity contribution in [3.05, 3.63) is 107 Å². The molecule has 0 spiro atoms. The van der Waals surface area contributed by atoms with Gasteiger partial charge in [0, 0.05) is 25.3 Å². The number of carbonyl (C=O) groups is 2. The molecule has 0 bridgehead atoms. The van der Waals surface area contributed by atoms with E-state index in [1.54, 1.807) is 17.0 Å². The first-order valence-corrected chi connectivity index (χ1v) is 13.6. The molecule has 0 radical (unpaired) electrons. The standard InChI is InChI=1S/C30H35FN2O2S/c1-3-4-18-32-30(35)28(19-24-8-6-5-7-9-24)33(20-25-14-16-27(31)17-15-25)29(34)22-36-21-26-12-10-23(2)11-13-26/h5-17,28H,3-4,18-22H2,1-2H3,(H,32,35)/t28-/m1/s1. The van der Waals surface area contributed by atoms with Crippen molar-refractivity contribution in [3.63, 3.8) is 0 Å². The Morgan fingerprint density at radius 3 is 2.25 bits per heavy atom. The first-order valence-electron chi connectivity index (χ1n) is 12.4. The van der Waals surface area contributed by atoms with Gasteiger partial charge in [-0.05, 0) is 42.2 Å². The number of rotatable bonds is 13. The number of nitrogens with zero attached hydrogens (tertiary/aromatic N) is 1. The van der Waals surface area contributed by atoms with Gasteiger partial charge in [-0.2, -0.15) is 0 Å². The van der Waals surface area contributed by atoms with Gasteiger partial charge in [-0.1, -0.05) is 85.6 Å². The van der Waals surface area contributed by atoms with E-state index in [4.69, 9.17) is 0 Å². The number of hydrogen-bond donors (Lipinski definition) is 1.